The van der Waals surface area contributed by atoms with E-state index in [4.69, 9.17) is 4.52 Å². The lowest BCUT2D eigenvalue weighted by atomic mass is 9.97. The summed E-state index contributed by atoms with van der Waals surface area (Å²) in [4.78, 5) is 8.34. The summed E-state index contributed by atoms with van der Waals surface area (Å²) in [5.74, 6) is 1.23. The van der Waals surface area contributed by atoms with Gasteiger partial charge in [0.1, 0.15) is 0 Å². The van der Waals surface area contributed by atoms with E-state index in [0.717, 1.165) is 5.56 Å². The first kappa shape index (κ1) is 9.83. The molecule has 0 saturated heterocycles. The molecule has 2 aromatic heterocycles. The predicted molar refractivity (Wildman–Crippen MR) is 56.2 cm³/mol. The van der Waals surface area contributed by atoms with Crippen LogP contribution in [0, 0.1) is 0 Å². The van der Waals surface area contributed by atoms with Crippen LogP contribution in [0.25, 0.3) is 11.4 Å². The second-order valence-corrected chi connectivity index (χ2v) is 4.41. The number of nitrogens with zero attached hydrogens (tertiary/aromatic N) is 3. The molecule has 0 aliphatic rings. The molecule has 2 aromatic rings. The van der Waals surface area contributed by atoms with Crippen LogP contribution in [-0.2, 0) is 5.41 Å². The third-order valence-corrected chi connectivity index (χ3v) is 1.99. The highest BCUT2D eigenvalue weighted by molar-refractivity contribution is 5.51. The lowest BCUT2D eigenvalue weighted by Crippen LogP contribution is -2.11. The first-order chi connectivity index (χ1) is 7.07. The second-order valence-electron chi connectivity index (χ2n) is 4.41. The normalized spacial score (nSPS) is 11.7. The Morgan fingerprint density at radius 3 is 2.60 bits per heavy atom. The van der Waals surface area contributed by atoms with Crippen LogP contribution < -0.4 is 0 Å². The zero-order chi connectivity index (χ0) is 10.9. The highest BCUT2D eigenvalue weighted by atomic mass is 16.5. The van der Waals surface area contributed by atoms with Gasteiger partial charge in [0.25, 0.3) is 0 Å². The molecule has 2 rings (SSSR count). The highest BCUT2D eigenvalue weighted by Crippen LogP contribution is 2.22. The van der Waals surface area contributed by atoms with Crippen LogP contribution in [0.2, 0.25) is 0 Å². The van der Waals surface area contributed by atoms with E-state index in [9.17, 15) is 0 Å². The number of aromatic nitrogens is 3. The zero-order valence-electron chi connectivity index (χ0n) is 9.06. The van der Waals surface area contributed by atoms with Crippen LogP contribution in [0.1, 0.15) is 26.7 Å². The van der Waals surface area contributed by atoms with Crippen molar-refractivity contribution in [3.8, 4) is 11.4 Å². The van der Waals surface area contributed by atoms with Gasteiger partial charge < -0.3 is 4.52 Å². The van der Waals surface area contributed by atoms with Crippen molar-refractivity contribution in [2.45, 2.75) is 26.2 Å². The number of hydrogen-bond donors (Lipinski definition) is 0. The van der Waals surface area contributed by atoms with Crippen LogP contribution in [0.5, 0.6) is 0 Å². The quantitative estimate of drug-likeness (QED) is 0.714. The summed E-state index contributed by atoms with van der Waals surface area (Å²) in [6.07, 6.45) is 3.44. The number of pyridine rings is 1. The van der Waals surface area contributed by atoms with Gasteiger partial charge in [-0.1, -0.05) is 25.9 Å². The first-order valence-electron chi connectivity index (χ1n) is 4.82. The Balaban J connectivity index is 2.37. The predicted octanol–water partition coefficient (Wildman–Crippen LogP) is 2.43. The molecule has 0 N–H and O–H groups in total. The Bertz CT molecular complexity index is 442. The van der Waals surface area contributed by atoms with Crippen LogP contribution in [-0.4, -0.2) is 15.1 Å². The molecule has 0 aliphatic carbocycles. The van der Waals surface area contributed by atoms with Crippen molar-refractivity contribution < 1.29 is 4.52 Å². The Hall–Kier alpha value is -1.71. The molecule has 0 saturated carbocycles. The summed E-state index contributed by atoms with van der Waals surface area (Å²) in [5.41, 5.74) is 0.754. The Kier molecular flexibility index (Phi) is 2.26. The van der Waals surface area contributed by atoms with Crippen molar-refractivity contribution >= 4 is 0 Å². The molecule has 0 bridgehead atoms. The van der Waals surface area contributed by atoms with Crippen LogP contribution in [0.4, 0.5) is 0 Å². The van der Waals surface area contributed by atoms with E-state index < -0.39 is 0 Å². The molecule has 0 radical (unpaired) electrons. The van der Waals surface area contributed by atoms with Gasteiger partial charge in [-0.3, -0.25) is 4.98 Å². The van der Waals surface area contributed by atoms with E-state index in [0.29, 0.717) is 11.7 Å². The van der Waals surface area contributed by atoms with Gasteiger partial charge in [-0.25, -0.2) is 0 Å². The maximum absolute atomic E-state index is 5.19. The van der Waals surface area contributed by atoms with E-state index >= 15 is 0 Å². The summed E-state index contributed by atoms with van der Waals surface area (Å²) in [5, 5.41) is 3.93. The summed E-state index contributed by atoms with van der Waals surface area (Å²) >= 11 is 0. The smallest absolute Gasteiger partial charge is 0.232 e. The van der Waals surface area contributed by atoms with Gasteiger partial charge in [-0.05, 0) is 12.1 Å². The maximum Gasteiger partial charge on any atom is 0.232 e. The lowest BCUT2D eigenvalue weighted by Gasteiger charge is -2.10. The van der Waals surface area contributed by atoms with E-state index in [1.54, 1.807) is 12.4 Å². The molecular weight excluding hydrogens is 190 g/mol. The third kappa shape index (κ3) is 2.03. The van der Waals surface area contributed by atoms with Gasteiger partial charge in [0, 0.05) is 23.4 Å². The van der Waals surface area contributed by atoms with E-state index in [2.05, 4.69) is 15.1 Å². The summed E-state index contributed by atoms with van der Waals surface area (Å²) < 4.78 is 5.19. The molecular formula is C11H13N3O. The van der Waals surface area contributed by atoms with E-state index in [1.807, 2.05) is 32.9 Å². The fourth-order valence-corrected chi connectivity index (χ4v) is 1.14. The third-order valence-electron chi connectivity index (χ3n) is 1.99. The topological polar surface area (TPSA) is 51.8 Å². The Morgan fingerprint density at radius 1 is 1.27 bits per heavy atom. The molecule has 15 heavy (non-hydrogen) atoms. The van der Waals surface area contributed by atoms with Crippen molar-refractivity contribution in [1.82, 2.24) is 15.1 Å². The SMILES string of the molecule is CC(C)(C)c1nc(-c2cccnc2)no1. The molecule has 2 heterocycles. The average Bonchev–Trinajstić information content (AvgIpc) is 2.67. The molecule has 4 nitrogen and oxygen atoms in total. The number of hydrogen-bond acceptors (Lipinski definition) is 4. The highest BCUT2D eigenvalue weighted by Gasteiger charge is 2.22. The number of rotatable bonds is 1. The minimum absolute atomic E-state index is 0.118. The van der Waals surface area contributed by atoms with Crippen LogP contribution in [0.3, 0.4) is 0 Å². The van der Waals surface area contributed by atoms with Crippen LogP contribution >= 0.6 is 0 Å². The van der Waals surface area contributed by atoms with Crippen molar-refractivity contribution in [2.24, 2.45) is 0 Å². The van der Waals surface area contributed by atoms with Gasteiger partial charge in [0.05, 0.1) is 0 Å². The van der Waals surface area contributed by atoms with E-state index in [-0.39, 0.29) is 5.41 Å². The molecule has 0 unspecified atom stereocenters. The van der Waals surface area contributed by atoms with Gasteiger partial charge >= 0.3 is 0 Å². The lowest BCUT2D eigenvalue weighted by molar-refractivity contribution is 0.321. The van der Waals surface area contributed by atoms with Crippen molar-refractivity contribution in [3.63, 3.8) is 0 Å². The minimum atomic E-state index is -0.118. The Morgan fingerprint density at radius 2 is 2.07 bits per heavy atom. The second kappa shape index (κ2) is 3.46. The molecule has 0 atom stereocenters. The first-order valence-corrected chi connectivity index (χ1v) is 4.82. The van der Waals surface area contributed by atoms with Gasteiger partial charge in [-0.2, -0.15) is 4.98 Å². The molecule has 4 heteroatoms. The molecule has 0 fully saturated rings. The summed E-state index contributed by atoms with van der Waals surface area (Å²) in [6.45, 7) is 6.11. The standard InChI is InChI=1S/C11H13N3O/c1-11(2,3)10-13-9(14-15-10)8-5-4-6-12-7-8/h4-7H,1-3H3. The Labute approximate surface area is 88.4 Å². The molecule has 0 aliphatic heterocycles. The van der Waals surface area contributed by atoms with E-state index in [1.165, 1.54) is 0 Å². The average molecular weight is 203 g/mol. The minimum Gasteiger partial charge on any atom is -0.338 e. The maximum atomic E-state index is 5.19. The summed E-state index contributed by atoms with van der Waals surface area (Å²) in [7, 11) is 0. The fraction of sp³-hybridized carbons (Fsp3) is 0.364. The van der Waals surface area contributed by atoms with Gasteiger partial charge in [-0.15, -0.1) is 0 Å². The fourth-order valence-electron chi connectivity index (χ4n) is 1.14. The summed E-state index contributed by atoms with van der Waals surface area (Å²) in [6, 6.07) is 3.76. The molecule has 0 aromatic carbocycles. The molecule has 0 spiro atoms. The van der Waals surface area contributed by atoms with Crippen molar-refractivity contribution in [2.75, 3.05) is 0 Å². The van der Waals surface area contributed by atoms with Gasteiger partial charge in [0.2, 0.25) is 11.7 Å². The van der Waals surface area contributed by atoms with Gasteiger partial charge in [0.15, 0.2) is 0 Å². The molecule has 0 amide bonds. The van der Waals surface area contributed by atoms with Crippen molar-refractivity contribution in [1.29, 1.82) is 0 Å². The molecule has 78 valence electrons. The monoisotopic (exact) mass is 203 g/mol. The van der Waals surface area contributed by atoms with Crippen LogP contribution in [0.15, 0.2) is 29.0 Å². The zero-order valence-corrected chi connectivity index (χ0v) is 9.06. The largest absolute Gasteiger partial charge is 0.338 e. The van der Waals surface area contributed by atoms with Crippen molar-refractivity contribution in [3.05, 3.63) is 30.4 Å².